The summed E-state index contributed by atoms with van der Waals surface area (Å²) >= 11 is 0. The van der Waals surface area contributed by atoms with Crippen molar-refractivity contribution in [2.45, 2.75) is 19.3 Å². The maximum absolute atomic E-state index is 12.3. The van der Waals surface area contributed by atoms with Crippen LogP contribution in [0, 0.1) is 0 Å². The maximum Gasteiger partial charge on any atom is 0.267 e. The molecule has 3 heteroatoms. The minimum atomic E-state index is -0.0504. The van der Waals surface area contributed by atoms with E-state index in [0.29, 0.717) is 18.2 Å². The molecule has 2 aromatic carbocycles. The van der Waals surface area contributed by atoms with Crippen molar-refractivity contribution < 1.29 is 4.79 Å². The normalized spacial score (nSPS) is 12.2. The van der Waals surface area contributed by atoms with Gasteiger partial charge in [-0.2, -0.15) is 0 Å². The van der Waals surface area contributed by atoms with Crippen LogP contribution in [0.25, 0.3) is 10.9 Å². The van der Waals surface area contributed by atoms with E-state index in [1.807, 2.05) is 48.5 Å². The Balaban J connectivity index is 1.68. The van der Waals surface area contributed by atoms with E-state index in [1.165, 1.54) is 5.56 Å². The number of aromatic amines is 1. The third kappa shape index (κ3) is 3.03. The minimum Gasteiger partial charge on any atom is -0.351 e. The van der Waals surface area contributed by atoms with Crippen LogP contribution >= 0.6 is 0 Å². The molecule has 22 heavy (non-hydrogen) atoms. The Labute approximate surface area is 130 Å². The Morgan fingerprint density at radius 1 is 1.09 bits per heavy atom. The zero-order chi connectivity index (χ0) is 15.4. The Morgan fingerprint density at radius 2 is 1.82 bits per heavy atom. The predicted molar refractivity (Wildman–Crippen MR) is 90.1 cm³/mol. The summed E-state index contributed by atoms with van der Waals surface area (Å²) in [5.41, 5.74) is 2.87. The molecule has 3 nitrogen and oxygen atoms in total. The number of fused-ring (bicyclic) bond motifs is 1. The number of para-hydroxylation sites is 1. The third-order valence-corrected chi connectivity index (χ3v) is 4.05. The van der Waals surface area contributed by atoms with Crippen LogP contribution in [0.15, 0.2) is 60.7 Å². The van der Waals surface area contributed by atoms with Crippen LogP contribution in [0.5, 0.6) is 0 Å². The van der Waals surface area contributed by atoms with Gasteiger partial charge in [0.05, 0.1) is 0 Å². The van der Waals surface area contributed by atoms with Gasteiger partial charge in [0.15, 0.2) is 0 Å². The molecule has 3 rings (SSSR count). The van der Waals surface area contributed by atoms with E-state index in [-0.39, 0.29) is 5.91 Å². The maximum atomic E-state index is 12.3. The molecule has 1 unspecified atom stereocenters. The molecule has 0 fully saturated rings. The molecular formula is C19H20N2O. The second-order valence-electron chi connectivity index (χ2n) is 5.50. The number of carbonyl (C=O) groups excluding carboxylic acids is 1. The first-order chi connectivity index (χ1) is 10.8. The summed E-state index contributed by atoms with van der Waals surface area (Å²) in [7, 11) is 0. The van der Waals surface area contributed by atoms with Crippen molar-refractivity contribution in [3.8, 4) is 0 Å². The standard InChI is InChI=1S/C19H20N2O/c1-2-14(15-8-4-3-5-9-15)13-20-19(22)18-12-16-10-6-7-11-17(16)21-18/h3-12,14,21H,2,13H2,1H3,(H,20,22). The summed E-state index contributed by atoms with van der Waals surface area (Å²) in [4.78, 5) is 15.5. The molecule has 112 valence electrons. The monoisotopic (exact) mass is 292 g/mol. The molecule has 0 saturated carbocycles. The Morgan fingerprint density at radius 3 is 2.55 bits per heavy atom. The third-order valence-electron chi connectivity index (χ3n) is 4.05. The Bertz CT molecular complexity index is 728. The van der Waals surface area contributed by atoms with E-state index in [9.17, 15) is 4.79 Å². The van der Waals surface area contributed by atoms with Gasteiger partial charge in [-0.25, -0.2) is 0 Å². The molecule has 3 aromatic rings. The van der Waals surface area contributed by atoms with Gasteiger partial charge in [-0.05, 0) is 24.1 Å². The highest BCUT2D eigenvalue weighted by molar-refractivity contribution is 5.97. The van der Waals surface area contributed by atoms with Crippen LogP contribution in [-0.2, 0) is 0 Å². The van der Waals surface area contributed by atoms with Crippen molar-refractivity contribution >= 4 is 16.8 Å². The van der Waals surface area contributed by atoms with Crippen molar-refractivity contribution in [3.05, 3.63) is 71.9 Å². The number of rotatable bonds is 5. The topological polar surface area (TPSA) is 44.9 Å². The second kappa shape index (κ2) is 6.48. The summed E-state index contributed by atoms with van der Waals surface area (Å²) in [6.45, 7) is 2.79. The number of nitrogens with one attached hydrogen (secondary N) is 2. The van der Waals surface area contributed by atoms with Gasteiger partial charge in [-0.3, -0.25) is 4.79 Å². The summed E-state index contributed by atoms with van der Waals surface area (Å²) in [5.74, 6) is 0.292. The number of hydrogen-bond acceptors (Lipinski definition) is 1. The molecular weight excluding hydrogens is 272 g/mol. The van der Waals surface area contributed by atoms with Gasteiger partial charge in [-0.15, -0.1) is 0 Å². The highest BCUT2D eigenvalue weighted by atomic mass is 16.1. The number of amides is 1. The zero-order valence-corrected chi connectivity index (χ0v) is 12.7. The first-order valence-corrected chi connectivity index (χ1v) is 7.69. The van der Waals surface area contributed by atoms with E-state index >= 15 is 0 Å². The Hall–Kier alpha value is -2.55. The fraction of sp³-hybridized carbons (Fsp3) is 0.211. The van der Waals surface area contributed by atoms with Gasteiger partial charge >= 0.3 is 0 Å². The zero-order valence-electron chi connectivity index (χ0n) is 12.7. The van der Waals surface area contributed by atoms with Gasteiger partial charge in [0.2, 0.25) is 0 Å². The lowest BCUT2D eigenvalue weighted by Gasteiger charge is -2.15. The predicted octanol–water partition coefficient (Wildman–Crippen LogP) is 4.09. The molecule has 1 atom stereocenters. The van der Waals surface area contributed by atoms with E-state index in [2.05, 4.69) is 29.4 Å². The average Bonchev–Trinajstić information content (AvgIpc) is 3.00. The lowest BCUT2D eigenvalue weighted by molar-refractivity contribution is 0.0947. The number of H-pyrrole nitrogens is 1. The van der Waals surface area contributed by atoms with Gasteiger partial charge in [0, 0.05) is 23.4 Å². The number of aromatic nitrogens is 1. The molecule has 0 aliphatic rings. The smallest absolute Gasteiger partial charge is 0.267 e. The van der Waals surface area contributed by atoms with Crippen LogP contribution in [0.1, 0.15) is 35.3 Å². The molecule has 0 aliphatic carbocycles. The van der Waals surface area contributed by atoms with E-state index in [4.69, 9.17) is 0 Å². The van der Waals surface area contributed by atoms with Crippen molar-refractivity contribution in [1.29, 1.82) is 0 Å². The van der Waals surface area contributed by atoms with Gasteiger partial charge in [-0.1, -0.05) is 55.5 Å². The molecule has 1 heterocycles. The van der Waals surface area contributed by atoms with Gasteiger partial charge < -0.3 is 10.3 Å². The lowest BCUT2D eigenvalue weighted by atomic mass is 9.96. The SMILES string of the molecule is CCC(CNC(=O)c1cc2ccccc2[nH]1)c1ccccc1. The summed E-state index contributed by atoms with van der Waals surface area (Å²) in [5, 5.41) is 4.10. The van der Waals surface area contributed by atoms with Gasteiger partial charge in [0.25, 0.3) is 5.91 Å². The number of hydrogen-bond donors (Lipinski definition) is 2. The average molecular weight is 292 g/mol. The molecule has 1 aromatic heterocycles. The van der Waals surface area contributed by atoms with Gasteiger partial charge in [0.1, 0.15) is 5.69 Å². The van der Waals surface area contributed by atoms with E-state index < -0.39 is 0 Å². The Kier molecular flexibility index (Phi) is 4.24. The first kappa shape index (κ1) is 14.4. The van der Waals surface area contributed by atoms with E-state index in [1.54, 1.807) is 0 Å². The fourth-order valence-electron chi connectivity index (χ4n) is 2.73. The van der Waals surface area contributed by atoms with Crippen LogP contribution in [0.3, 0.4) is 0 Å². The molecule has 2 N–H and O–H groups in total. The van der Waals surface area contributed by atoms with Crippen molar-refractivity contribution in [3.63, 3.8) is 0 Å². The molecule has 0 aliphatic heterocycles. The highest BCUT2D eigenvalue weighted by Gasteiger charge is 2.13. The molecule has 0 saturated heterocycles. The fourth-order valence-corrected chi connectivity index (χ4v) is 2.73. The molecule has 0 spiro atoms. The number of benzene rings is 2. The quantitative estimate of drug-likeness (QED) is 0.731. The van der Waals surface area contributed by atoms with Crippen molar-refractivity contribution in [2.24, 2.45) is 0 Å². The lowest BCUT2D eigenvalue weighted by Crippen LogP contribution is -2.28. The number of carbonyl (C=O) groups is 1. The van der Waals surface area contributed by atoms with E-state index in [0.717, 1.165) is 17.3 Å². The molecule has 0 radical (unpaired) electrons. The van der Waals surface area contributed by atoms with Crippen LogP contribution < -0.4 is 5.32 Å². The minimum absolute atomic E-state index is 0.0504. The van der Waals surface area contributed by atoms with Crippen molar-refractivity contribution in [2.75, 3.05) is 6.54 Å². The molecule has 0 bridgehead atoms. The second-order valence-corrected chi connectivity index (χ2v) is 5.50. The van der Waals surface area contributed by atoms with Crippen LogP contribution in [-0.4, -0.2) is 17.4 Å². The largest absolute Gasteiger partial charge is 0.351 e. The van der Waals surface area contributed by atoms with Crippen LogP contribution in [0.2, 0.25) is 0 Å². The first-order valence-electron chi connectivity index (χ1n) is 7.69. The summed E-state index contributed by atoms with van der Waals surface area (Å²) < 4.78 is 0. The summed E-state index contributed by atoms with van der Waals surface area (Å²) in [6.07, 6.45) is 0.997. The van der Waals surface area contributed by atoms with Crippen LogP contribution in [0.4, 0.5) is 0 Å². The van der Waals surface area contributed by atoms with Crippen molar-refractivity contribution in [1.82, 2.24) is 10.3 Å². The summed E-state index contributed by atoms with van der Waals surface area (Å²) in [6, 6.07) is 20.1. The highest BCUT2D eigenvalue weighted by Crippen LogP contribution is 2.19. The molecule has 1 amide bonds.